The molecule has 7 heteroatoms. The molecule has 0 spiro atoms. The van der Waals surface area contributed by atoms with Crippen LogP contribution in [0.4, 0.5) is 5.69 Å². The van der Waals surface area contributed by atoms with E-state index in [-0.39, 0.29) is 19.0 Å². The first-order chi connectivity index (χ1) is 11.7. The van der Waals surface area contributed by atoms with E-state index in [1.54, 1.807) is 30.3 Å². The van der Waals surface area contributed by atoms with Crippen LogP contribution in [0.1, 0.15) is 21.5 Å². The minimum Gasteiger partial charge on any atom is -0.350 e. The highest BCUT2D eigenvalue weighted by Crippen LogP contribution is 2.20. The van der Waals surface area contributed by atoms with Crippen LogP contribution in [0.2, 0.25) is 5.02 Å². The Hall–Kier alpha value is -2.05. The normalized spacial score (nSPS) is 11.2. The molecule has 2 rings (SSSR count). The summed E-state index contributed by atoms with van der Waals surface area (Å²) in [6.07, 6.45) is 1.15. The molecule has 0 saturated carbocycles. The van der Waals surface area contributed by atoms with Gasteiger partial charge in [0, 0.05) is 17.1 Å². The van der Waals surface area contributed by atoms with Crippen LogP contribution in [0, 0.1) is 13.8 Å². The van der Waals surface area contributed by atoms with E-state index in [0.29, 0.717) is 16.3 Å². The molecule has 134 valence electrons. The smallest absolute Gasteiger partial charge is 0.251 e. The monoisotopic (exact) mass is 380 g/mol. The Labute approximate surface area is 153 Å². The zero-order chi connectivity index (χ0) is 18.6. The minimum atomic E-state index is -3.46. The van der Waals surface area contributed by atoms with Crippen molar-refractivity contribution in [3.8, 4) is 0 Å². The van der Waals surface area contributed by atoms with Crippen molar-refractivity contribution in [3.05, 3.63) is 64.2 Å². The third-order valence-corrected chi connectivity index (χ3v) is 5.30. The van der Waals surface area contributed by atoms with Gasteiger partial charge < -0.3 is 5.32 Å². The summed E-state index contributed by atoms with van der Waals surface area (Å²) in [5.74, 6) is -0.295. The van der Waals surface area contributed by atoms with Crippen molar-refractivity contribution >= 4 is 33.2 Å². The molecule has 1 N–H and O–H groups in total. The van der Waals surface area contributed by atoms with E-state index in [9.17, 15) is 13.2 Å². The largest absolute Gasteiger partial charge is 0.350 e. The Morgan fingerprint density at radius 3 is 2.44 bits per heavy atom. The number of nitrogens with zero attached hydrogens (tertiary/aromatic N) is 1. The number of nitrogens with one attached hydrogen (secondary N) is 1. The molecule has 0 heterocycles. The fourth-order valence-electron chi connectivity index (χ4n) is 2.37. The van der Waals surface area contributed by atoms with Crippen molar-refractivity contribution < 1.29 is 13.2 Å². The number of amides is 1. The van der Waals surface area contributed by atoms with Crippen LogP contribution in [-0.2, 0) is 10.0 Å². The average molecular weight is 381 g/mol. The van der Waals surface area contributed by atoms with Crippen LogP contribution in [0.15, 0.2) is 42.5 Å². The number of aryl methyl sites for hydroxylation is 2. The van der Waals surface area contributed by atoms with E-state index in [0.717, 1.165) is 17.4 Å². The Kier molecular flexibility index (Phi) is 6.08. The molecule has 2 aromatic carbocycles. The Balaban J connectivity index is 2.08. The topological polar surface area (TPSA) is 66.5 Å². The first-order valence-electron chi connectivity index (χ1n) is 7.77. The summed E-state index contributed by atoms with van der Waals surface area (Å²) in [5, 5.41) is 3.19. The molecule has 0 aliphatic heterocycles. The van der Waals surface area contributed by atoms with Gasteiger partial charge in [-0.25, -0.2) is 8.42 Å². The lowest BCUT2D eigenvalue weighted by Crippen LogP contribution is -2.38. The van der Waals surface area contributed by atoms with Crippen LogP contribution >= 0.6 is 11.6 Å². The summed E-state index contributed by atoms with van der Waals surface area (Å²) in [7, 11) is -3.46. The summed E-state index contributed by atoms with van der Waals surface area (Å²) < 4.78 is 25.5. The second-order valence-electron chi connectivity index (χ2n) is 5.87. The Morgan fingerprint density at radius 1 is 1.12 bits per heavy atom. The van der Waals surface area contributed by atoms with Crippen molar-refractivity contribution in [3.63, 3.8) is 0 Å². The predicted octanol–water partition coefficient (Wildman–Crippen LogP) is 3.15. The first kappa shape index (κ1) is 19.3. The lowest BCUT2D eigenvalue weighted by Gasteiger charge is -2.23. The molecule has 0 aromatic heterocycles. The van der Waals surface area contributed by atoms with Gasteiger partial charge in [-0.1, -0.05) is 23.7 Å². The number of benzene rings is 2. The second-order valence-corrected chi connectivity index (χ2v) is 8.21. The van der Waals surface area contributed by atoms with Crippen molar-refractivity contribution in [1.82, 2.24) is 5.32 Å². The molecule has 1 amide bonds. The van der Waals surface area contributed by atoms with Crippen molar-refractivity contribution in [1.29, 1.82) is 0 Å². The fourth-order valence-corrected chi connectivity index (χ4v) is 3.48. The van der Waals surface area contributed by atoms with Gasteiger partial charge in [0.25, 0.3) is 5.91 Å². The maximum atomic E-state index is 12.1. The van der Waals surface area contributed by atoms with E-state index < -0.39 is 10.0 Å². The molecular weight excluding hydrogens is 360 g/mol. The van der Waals surface area contributed by atoms with Crippen molar-refractivity contribution in [2.24, 2.45) is 0 Å². The molecule has 25 heavy (non-hydrogen) atoms. The highest BCUT2D eigenvalue weighted by molar-refractivity contribution is 7.92. The highest BCUT2D eigenvalue weighted by Gasteiger charge is 2.18. The molecule has 0 radical (unpaired) electrons. The van der Waals surface area contributed by atoms with Crippen LogP contribution in [0.25, 0.3) is 0 Å². The fraction of sp³-hybridized carbons (Fsp3) is 0.278. The van der Waals surface area contributed by atoms with E-state index in [1.807, 2.05) is 26.0 Å². The van der Waals surface area contributed by atoms with Gasteiger partial charge in [-0.3, -0.25) is 9.10 Å². The first-order valence-corrected chi connectivity index (χ1v) is 10.00. The molecule has 2 aromatic rings. The Morgan fingerprint density at radius 2 is 1.84 bits per heavy atom. The summed E-state index contributed by atoms with van der Waals surface area (Å²) in [5.41, 5.74) is 3.12. The molecule has 0 unspecified atom stereocenters. The zero-order valence-corrected chi connectivity index (χ0v) is 16.0. The number of sulfonamides is 1. The molecular formula is C18H21ClN2O3S. The third kappa shape index (κ3) is 5.21. The number of halogens is 1. The van der Waals surface area contributed by atoms with E-state index in [1.165, 1.54) is 4.31 Å². The number of anilines is 1. The average Bonchev–Trinajstić information content (AvgIpc) is 2.53. The SMILES string of the molecule is Cc1ccc(N(CCNC(=O)c2cccc(Cl)c2)S(C)(=O)=O)cc1C. The van der Waals surface area contributed by atoms with Crippen molar-refractivity contribution in [2.75, 3.05) is 23.7 Å². The summed E-state index contributed by atoms with van der Waals surface area (Å²) in [6.45, 7) is 4.23. The summed E-state index contributed by atoms with van der Waals surface area (Å²) in [6, 6.07) is 12.1. The van der Waals surface area contributed by atoms with Gasteiger partial charge in [-0.05, 0) is 55.3 Å². The maximum Gasteiger partial charge on any atom is 0.251 e. The van der Waals surface area contributed by atoms with Crippen LogP contribution in [0.3, 0.4) is 0 Å². The summed E-state index contributed by atoms with van der Waals surface area (Å²) in [4.78, 5) is 12.1. The number of carbonyl (C=O) groups is 1. The quantitative estimate of drug-likeness (QED) is 0.837. The van der Waals surface area contributed by atoms with Gasteiger partial charge in [-0.15, -0.1) is 0 Å². The third-order valence-electron chi connectivity index (χ3n) is 3.87. The molecule has 0 aliphatic carbocycles. The van der Waals surface area contributed by atoms with Gasteiger partial charge in [0.2, 0.25) is 10.0 Å². The molecule has 0 aliphatic rings. The zero-order valence-electron chi connectivity index (χ0n) is 14.4. The number of hydrogen-bond donors (Lipinski definition) is 1. The standard InChI is InChI=1S/C18H21ClN2O3S/c1-13-7-8-17(11-14(13)2)21(25(3,23)24)10-9-20-18(22)15-5-4-6-16(19)12-15/h4-8,11-12H,9-10H2,1-3H3,(H,20,22). The molecule has 0 bridgehead atoms. The lowest BCUT2D eigenvalue weighted by molar-refractivity contribution is 0.0955. The van der Waals surface area contributed by atoms with Crippen LogP contribution in [-0.4, -0.2) is 33.7 Å². The number of hydrogen-bond acceptors (Lipinski definition) is 3. The van der Waals surface area contributed by atoms with Crippen LogP contribution < -0.4 is 9.62 Å². The van der Waals surface area contributed by atoms with Gasteiger partial charge in [0.05, 0.1) is 18.5 Å². The predicted molar refractivity (Wildman–Crippen MR) is 102 cm³/mol. The van der Waals surface area contributed by atoms with Gasteiger partial charge in [-0.2, -0.15) is 0 Å². The lowest BCUT2D eigenvalue weighted by atomic mass is 10.1. The van der Waals surface area contributed by atoms with E-state index in [2.05, 4.69) is 5.32 Å². The van der Waals surface area contributed by atoms with Gasteiger partial charge in [0.15, 0.2) is 0 Å². The number of carbonyl (C=O) groups excluding carboxylic acids is 1. The molecule has 0 fully saturated rings. The molecule has 5 nitrogen and oxygen atoms in total. The number of rotatable bonds is 6. The van der Waals surface area contributed by atoms with Gasteiger partial charge in [0.1, 0.15) is 0 Å². The molecule has 0 atom stereocenters. The minimum absolute atomic E-state index is 0.146. The van der Waals surface area contributed by atoms with Gasteiger partial charge >= 0.3 is 0 Å². The highest BCUT2D eigenvalue weighted by atomic mass is 35.5. The van der Waals surface area contributed by atoms with E-state index in [4.69, 9.17) is 11.6 Å². The summed E-state index contributed by atoms with van der Waals surface area (Å²) >= 11 is 5.87. The second kappa shape index (κ2) is 7.89. The molecule has 0 saturated heterocycles. The maximum absolute atomic E-state index is 12.1. The van der Waals surface area contributed by atoms with Crippen molar-refractivity contribution in [2.45, 2.75) is 13.8 Å². The van der Waals surface area contributed by atoms with Crippen LogP contribution in [0.5, 0.6) is 0 Å². The Bertz CT molecular complexity index is 882. The van der Waals surface area contributed by atoms with E-state index >= 15 is 0 Å².